The minimum absolute atomic E-state index is 0.0736. The van der Waals surface area contributed by atoms with E-state index in [-0.39, 0.29) is 17.5 Å². The Balaban J connectivity index is 2.00. The molecule has 1 amide bonds. The number of hydrogen-bond acceptors (Lipinski definition) is 7. The number of thiophene rings is 1. The first-order valence-corrected chi connectivity index (χ1v) is 10.9. The molecule has 2 aromatic rings. The molecule has 8 heteroatoms. The predicted octanol–water partition coefficient (Wildman–Crippen LogP) is 4.16. The predicted molar refractivity (Wildman–Crippen MR) is 118 cm³/mol. The molecule has 1 aromatic heterocycles. The molecule has 0 saturated carbocycles. The van der Waals surface area contributed by atoms with Gasteiger partial charge in [0.1, 0.15) is 0 Å². The van der Waals surface area contributed by atoms with Crippen LogP contribution < -0.4 is 9.47 Å². The zero-order chi connectivity index (χ0) is 22.5. The number of ketones is 1. The van der Waals surface area contributed by atoms with Crippen molar-refractivity contribution in [1.82, 2.24) is 4.90 Å². The van der Waals surface area contributed by atoms with E-state index in [1.807, 2.05) is 13.8 Å². The first-order valence-electron chi connectivity index (χ1n) is 10.0. The Morgan fingerprint density at radius 1 is 1.19 bits per heavy atom. The molecule has 3 rings (SSSR count). The van der Waals surface area contributed by atoms with Crippen LogP contribution in [0.3, 0.4) is 0 Å². The number of aliphatic hydroxyl groups excluding tert-OH is 1. The van der Waals surface area contributed by atoms with Gasteiger partial charge in [-0.1, -0.05) is 12.1 Å². The van der Waals surface area contributed by atoms with Gasteiger partial charge in [0.05, 0.1) is 36.8 Å². The van der Waals surface area contributed by atoms with E-state index in [1.165, 1.54) is 30.5 Å². The van der Waals surface area contributed by atoms with Gasteiger partial charge in [-0.3, -0.25) is 9.59 Å². The number of ether oxygens (including phenoxy) is 3. The highest BCUT2D eigenvalue weighted by Crippen LogP contribution is 2.42. The molecule has 166 valence electrons. The van der Waals surface area contributed by atoms with Crippen molar-refractivity contribution in [2.75, 3.05) is 27.4 Å². The molecule has 2 heterocycles. The van der Waals surface area contributed by atoms with Crippen molar-refractivity contribution in [3.8, 4) is 11.5 Å². The lowest BCUT2D eigenvalue weighted by Gasteiger charge is -2.27. The molecule has 0 bridgehead atoms. The molecular formula is C23H27NO6S. The zero-order valence-corrected chi connectivity index (χ0v) is 18.9. The van der Waals surface area contributed by atoms with Gasteiger partial charge in [-0.25, -0.2) is 0 Å². The summed E-state index contributed by atoms with van der Waals surface area (Å²) in [7, 11) is 3.06. The summed E-state index contributed by atoms with van der Waals surface area (Å²) in [6.07, 6.45) is 0.653. The highest BCUT2D eigenvalue weighted by Gasteiger charge is 2.44. The summed E-state index contributed by atoms with van der Waals surface area (Å²) < 4.78 is 16.3. The van der Waals surface area contributed by atoms with Crippen molar-refractivity contribution >= 4 is 23.0 Å². The number of hydrogen-bond donors (Lipinski definition) is 1. The number of carbonyl (C=O) groups excluding carboxylic acids is 2. The monoisotopic (exact) mass is 445 g/mol. The van der Waals surface area contributed by atoms with E-state index in [0.717, 1.165) is 0 Å². The Morgan fingerprint density at radius 3 is 2.55 bits per heavy atom. The molecule has 1 N–H and O–H groups in total. The van der Waals surface area contributed by atoms with Crippen molar-refractivity contribution in [1.29, 1.82) is 0 Å². The van der Waals surface area contributed by atoms with Gasteiger partial charge in [0.25, 0.3) is 5.91 Å². The van der Waals surface area contributed by atoms with E-state index in [9.17, 15) is 14.7 Å². The number of rotatable bonds is 10. The van der Waals surface area contributed by atoms with E-state index in [1.54, 1.807) is 35.7 Å². The summed E-state index contributed by atoms with van der Waals surface area (Å²) in [4.78, 5) is 28.2. The SMILES string of the molecule is COc1ccc([C@@H]2C(C(=O)c3cccs3)=C(O)C(=O)N2CCCOC(C)C)cc1OC. The van der Waals surface area contributed by atoms with E-state index >= 15 is 0 Å². The molecule has 0 fully saturated rings. The van der Waals surface area contributed by atoms with Crippen LogP contribution in [0.2, 0.25) is 0 Å². The van der Waals surface area contributed by atoms with Crippen LogP contribution in [0.15, 0.2) is 47.0 Å². The van der Waals surface area contributed by atoms with E-state index in [0.29, 0.717) is 41.5 Å². The molecule has 0 spiro atoms. The molecule has 1 atom stereocenters. The van der Waals surface area contributed by atoms with Gasteiger partial charge in [0.15, 0.2) is 17.3 Å². The minimum atomic E-state index is -0.735. The third-order valence-corrected chi connectivity index (χ3v) is 5.88. The molecular weight excluding hydrogens is 418 g/mol. The fraction of sp³-hybridized carbons (Fsp3) is 0.391. The molecule has 7 nitrogen and oxygen atoms in total. The summed E-state index contributed by atoms with van der Waals surface area (Å²) in [5.74, 6) is -0.426. The van der Waals surface area contributed by atoms with Crippen LogP contribution >= 0.6 is 11.3 Å². The summed E-state index contributed by atoms with van der Waals surface area (Å²) >= 11 is 1.27. The maximum atomic E-state index is 13.2. The summed E-state index contributed by atoms with van der Waals surface area (Å²) in [6, 6.07) is 7.94. The van der Waals surface area contributed by atoms with Gasteiger partial charge in [-0.2, -0.15) is 0 Å². The van der Waals surface area contributed by atoms with Gasteiger partial charge in [0.2, 0.25) is 5.78 Å². The number of amides is 1. The van der Waals surface area contributed by atoms with Crippen LogP contribution in [0, 0.1) is 0 Å². The van der Waals surface area contributed by atoms with E-state index in [2.05, 4.69) is 0 Å². The largest absolute Gasteiger partial charge is 0.503 e. The van der Waals surface area contributed by atoms with Crippen molar-refractivity contribution in [3.63, 3.8) is 0 Å². The second kappa shape index (κ2) is 9.98. The number of aliphatic hydroxyl groups is 1. The van der Waals surface area contributed by atoms with E-state index in [4.69, 9.17) is 14.2 Å². The average Bonchev–Trinajstić information content (AvgIpc) is 3.38. The lowest BCUT2D eigenvalue weighted by Crippen LogP contribution is -2.32. The van der Waals surface area contributed by atoms with Gasteiger partial charge in [0, 0.05) is 13.2 Å². The van der Waals surface area contributed by atoms with Crippen LogP contribution in [0.5, 0.6) is 11.5 Å². The highest BCUT2D eigenvalue weighted by atomic mass is 32.1. The first-order chi connectivity index (χ1) is 14.9. The van der Waals surface area contributed by atoms with Crippen molar-refractivity contribution < 1.29 is 28.9 Å². The topological polar surface area (TPSA) is 85.3 Å². The van der Waals surface area contributed by atoms with Gasteiger partial charge in [-0.15, -0.1) is 11.3 Å². The molecule has 1 aliphatic heterocycles. The first kappa shape index (κ1) is 22.8. The third-order valence-electron chi connectivity index (χ3n) is 5.01. The van der Waals surface area contributed by atoms with Crippen LogP contribution in [-0.2, 0) is 9.53 Å². The number of carbonyl (C=O) groups is 2. The van der Waals surface area contributed by atoms with Crippen molar-refractivity contribution in [2.24, 2.45) is 0 Å². The third kappa shape index (κ3) is 4.75. The Labute approximate surface area is 185 Å². The maximum absolute atomic E-state index is 13.2. The molecule has 31 heavy (non-hydrogen) atoms. The smallest absolute Gasteiger partial charge is 0.290 e. The normalized spacial score (nSPS) is 16.4. The lowest BCUT2D eigenvalue weighted by atomic mass is 9.95. The summed E-state index contributed by atoms with van der Waals surface area (Å²) in [5, 5.41) is 12.5. The average molecular weight is 446 g/mol. The second-order valence-electron chi connectivity index (χ2n) is 7.36. The van der Waals surface area contributed by atoms with Crippen molar-refractivity contribution in [3.05, 3.63) is 57.5 Å². The number of methoxy groups -OCH3 is 2. The van der Waals surface area contributed by atoms with Crippen LogP contribution in [0.1, 0.15) is 41.5 Å². The number of nitrogens with zero attached hydrogens (tertiary/aromatic N) is 1. The van der Waals surface area contributed by atoms with Crippen LogP contribution in [0.4, 0.5) is 0 Å². The highest BCUT2D eigenvalue weighted by molar-refractivity contribution is 7.12. The maximum Gasteiger partial charge on any atom is 0.290 e. The molecule has 1 aliphatic rings. The molecule has 0 aliphatic carbocycles. The molecule has 0 radical (unpaired) electrons. The summed E-state index contributed by atoms with van der Waals surface area (Å²) in [5.41, 5.74) is 0.726. The number of Topliss-reactive ketones (excluding diaryl/α,β-unsaturated/α-hetero) is 1. The lowest BCUT2D eigenvalue weighted by molar-refractivity contribution is -0.129. The van der Waals surface area contributed by atoms with Crippen LogP contribution in [-0.4, -0.2) is 55.2 Å². The van der Waals surface area contributed by atoms with Gasteiger partial charge in [-0.05, 0) is 49.4 Å². The van der Waals surface area contributed by atoms with Crippen LogP contribution in [0.25, 0.3) is 0 Å². The van der Waals surface area contributed by atoms with Crippen molar-refractivity contribution in [2.45, 2.75) is 32.4 Å². The number of benzene rings is 1. The zero-order valence-electron chi connectivity index (χ0n) is 18.1. The molecule has 0 unspecified atom stereocenters. The minimum Gasteiger partial charge on any atom is -0.503 e. The Hall–Kier alpha value is -2.84. The quantitative estimate of drug-likeness (QED) is 0.437. The Kier molecular flexibility index (Phi) is 7.35. The fourth-order valence-corrected chi connectivity index (χ4v) is 4.26. The second-order valence-corrected chi connectivity index (χ2v) is 8.31. The summed E-state index contributed by atoms with van der Waals surface area (Å²) in [6.45, 7) is 4.68. The molecule has 0 saturated heterocycles. The van der Waals surface area contributed by atoms with E-state index < -0.39 is 17.7 Å². The standard InChI is InChI=1S/C23H27NO6S/c1-14(2)30-11-6-10-24-20(15-8-9-16(28-3)17(13-15)29-4)19(22(26)23(24)27)21(25)18-7-5-12-31-18/h5,7-9,12-14,20,26H,6,10-11H2,1-4H3/t20-/m1/s1. The fourth-order valence-electron chi connectivity index (χ4n) is 3.58. The van der Waals surface area contributed by atoms with Gasteiger partial charge >= 0.3 is 0 Å². The Morgan fingerprint density at radius 2 is 1.94 bits per heavy atom. The van der Waals surface area contributed by atoms with Gasteiger partial charge < -0.3 is 24.2 Å². The molecule has 1 aromatic carbocycles. The Bertz CT molecular complexity index is 966.